The van der Waals surface area contributed by atoms with Crippen molar-refractivity contribution in [3.63, 3.8) is 0 Å². The average molecular weight is 349 g/mol. The minimum atomic E-state index is -4.88. The lowest BCUT2D eigenvalue weighted by Gasteiger charge is -2.23. The van der Waals surface area contributed by atoms with Gasteiger partial charge < -0.3 is 19.9 Å². The molecule has 1 rings (SSSR count). The zero-order valence-electron chi connectivity index (χ0n) is 13.3. The van der Waals surface area contributed by atoms with Gasteiger partial charge in [-0.1, -0.05) is 12.1 Å². The van der Waals surface area contributed by atoms with Gasteiger partial charge in [-0.3, -0.25) is 4.79 Å². The van der Waals surface area contributed by atoms with Gasteiger partial charge in [-0.25, -0.2) is 4.79 Å². The molecule has 134 valence electrons. The molecule has 0 heterocycles. The largest absolute Gasteiger partial charge is 0.573 e. The van der Waals surface area contributed by atoms with Crippen molar-refractivity contribution in [1.29, 1.82) is 0 Å². The monoisotopic (exact) mass is 349 g/mol. The number of hydrogen-bond donors (Lipinski definition) is 2. The quantitative estimate of drug-likeness (QED) is 0.848. The van der Waals surface area contributed by atoms with Gasteiger partial charge >= 0.3 is 18.4 Å². The van der Waals surface area contributed by atoms with Crippen LogP contribution in [-0.2, 0) is 9.53 Å². The van der Waals surface area contributed by atoms with E-state index < -0.39 is 42.2 Å². The van der Waals surface area contributed by atoms with E-state index in [-0.39, 0.29) is 5.56 Å². The number of carboxylic acid groups (broad SMARTS) is 1. The second-order valence-corrected chi connectivity index (χ2v) is 5.92. The summed E-state index contributed by atoms with van der Waals surface area (Å²) in [6.07, 6.45) is -6.29. The smallest absolute Gasteiger partial charge is 0.481 e. The number of alkyl carbamates (subject to hydrolysis) is 1. The number of benzene rings is 1. The molecule has 1 amide bonds. The molecule has 0 aliphatic heterocycles. The Labute approximate surface area is 136 Å². The Hall–Kier alpha value is -2.45. The van der Waals surface area contributed by atoms with Gasteiger partial charge in [0, 0.05) is 0 Å². The third-order valence-electron chi connectivity index (χ3n) is 2.56. The van der Waals surface area contributed by atoms with Crippen molar-refractivity contribution >= 4 is 12.1 Å². The zero-order chi connectivity index (χ0) is 18.5. The molecule has 0 saturated carbocycles. The average Bonchev–Trinajstić information content (AvgIpc) is 2.33. The lowest BCUT2D eigenvalue weighted by Crippen LogP contribution is -2.35. The summed E-state index contributed by atoms with van der Waals surface area (Å²) in [6.45, 7) is 4.86. The number of rotatable bonds is 5. The summed E-state index contributed by atoms with van der Waals surface area (Å²) in [4.78, 5) is 22.8. The molecule has 9 heteroatoms. The van der Waals surface area contributed by atoms with E-state index in [2.05, 4.69) is 10.1 Å². The van der Waals surface area contributed by atoms with Crippen LogP contribution in [0.5, 0.6) is 5.75 Å². The number of alkyl halides is 3. The summed E-state index contributed by atoms with van der Waals surface area (Å²) in [5, 5.41) is 11.3. The van der Waals surface area contributed by atoms with Crippen molar-refractivity contribution in [3.8, 4) is 5.75 Å². The van der Waals surface area contributed by atoms with E-state index in [1.54, 1.807) is 20.8 Å². The molecule has 0 aromatic heterocycles. The van der Waals surface area contributed by atoms with Crippen molar-refractivity contribution < 1.29 is 37.3 Å². The number of aliphatic carboxylic acids is 1. The number of amides is 1. The first-order valence-electron chi connectivity index (χ1n) is 6.93. The first-order valence-corrected chi connectivity index (χ1v) is 6.93. The van der Waals surface area contributed by atoms with Gasteiger partial charge in [0.15, 0.2) is 0 Å². The molecule has 0 bridgehead atoms. The highest BCUT2D eigenvalue weighted by Gasteiger charge is 2.31. The van der Waals surface area contributed by atoms with Crippen LogP contribution in [0.4, 0.5) is 18.0 Å². The Balaban J connectivity index is 2.97. The van der Waals surface area contributed by atoms with Crippen molar-refractivity contribution in [2.75, 3.05) is 0 Å². The zero-order valence-corrected chi connectivity index (χ0v) is 13.3. The molecule has 24 heavy (non-hydrogen) atoms. The van der Waals surface area contributed by atoms with E-state index >= 15 is 0 Å². The SMILES string of the molecule is CC(C)(C)OC(=O)NC(CC(=O)O)c1cccc(OC(F)(F)F)c1. The van der Waals surface area contributed by atoms with Crippen LogP contribution < -0.4 is 10.1 Å². The second kappa shape index (κ2) is 7.41. The van der Waals surface area contributed by atoms with Gasteiger partial charge in [-0.05, 0) is 38.5 Å². The first kappa shape index (κ1) is 19.6. The van der Waals surface area contributed by atoms with Crippen LogP contribution in [0.15, 0.2) is 24.3 Å². The van der Waals surface area contributed by atoms with Gasteiger partial charge in [0.25, 0.3) is 0 Å². The van der Waals surface area contributed by atoms with Crippen LogP contribution >= 0.6 is 0 Å². The predicted molar refractivity (Wildman–Crippen MR) is 77.5 cm³/mol. The summed E-state index contributed by atoms with van der Waals surface area (Å²) in [5.41, 5.74) is -0.663. The Morgan fingerprint density at radius 1 is 1.25 bits per heavy atom. The highest BCUT2D eigenvalue weighted by molar-refractivity contribution is 5.72. The number of ether oxygens (including phenoxy) is 2. The summed E-state index contributed by atoms with van der Waals surface area (Å²) in [7, 11) is 0. The first-order chi connectivity index (χ1) is 10.9. The number of carboxylic acids is 1. The fourth-order valence-corrected chi connectivity index (χ4v) is 1.81. The molecule has 0 radical (unpaired) electrons. The highest BCUT2D eigenvalue weighted by Crippen LogP contribution is 2.27. The fourth-order valence-electron chi connectivity index (χ4n) is 1.81. The van der Waals surface area contributed by atoms with E-state index in [0.717, 1.165) is 12.1 Å². The maximum absolute atomic E-state index is 12.3. The molecular weight excluding hydrogens is 331 g/mol. The van der Waals surface area contributed by atoms with Crippen LogP contribution in [0.1, 0.15) is 38.8 Å². The second-order valence-electron chi connectivity index (χ2n) is 5.92. The van der Waals surface area contributed by atoms with Gasteiger partial charge in [0.2, 0.25) is 0 Å². The number of hydrogen-bond acceptors (Lipinski definition) is 4. The Morgan fingerprint density at radius 2 is 1.88 bits per heavy atom. The molecular formula is C15H18F3NO5. The molecule has 0 spiro atoms. The summed E-state index contributed by atoms with van der Waals surface area (Å²) >= 11 is 0. The Morgan fingerprint density at radius 3 is 2.38 bits per heavy atom. The lowest BCUT2D eigenvalue weighted by molar-refractivity contribution is -0.274. The fraction of sp³-hybridized carbons (Fsp3) is 0.467. The Bertz CT molecular complexity index is 596. The van der Waals surface area contributed by atoms with Crippen molar-refractivity contribution in [2.45, 2.75) is 45.2 Å². The molecule has 1 atom stereocenters. The molecule has 6 nitrogen and oxygen atoms in total. The van der Waals surface area contributed by atoms with Gasteiger partial charge in [-0.15, -0.1) is 13.2 Å². The molecule has 0 aliphatic carbocycles. The maximum Gasteiger partial charge on any atom is 0.573 e. The molecule has 0 saturated heterocycles. The van der Waals surface area contributed by atoms with Crippen molar-refractivity contribution in [3.05, 3.63) is 29.8 Å². The molecule has 1 aromatic carbocycles. The van der Waals surface area contributed by atoms with Crippen LogP contribution in [0.2, 0.25) is 0 Å². The van der Waals surface area contributed by atoms with Gasteiger partial charge in [0.05, 0.1) is 12.5 Å². The maximum atomic E-state index is 12.3. The van der Waals surface area contributed by atoms with Crippen molar-refractivity contribution in [1.82, 2.24) is 5.32 Å². The normalized spacial score (nSPS) is 13.1. The third-order valence-corrected chi connectivity index (χ3v) is 2.56. The number of carbonyl (C=O) groups is 2. The minimum absolute atomic E-state index is 0.144. The molecule has 2 N–H and O–H groups in total. The Kier molecular flexibility index (Phi) is 6.05. The summed E-state index contributed by atoms with van der Waals surface area (Å²) in [6, 6.07) is 3.66. The topological polar surface area (TPSA) is 84.9 Å². The van der Waals surface area contributed by atoms with E-state index in [9.17, 15) is 22.8 Å². The van der Waals surface area contributed by atoms with Gasteiger partial charge in [-0.2, -0.15) is 0 Å². The summed E-state index contributed by atoms with van der Waals surface area (Å²) in [5.74, 6) is -1.75. The van der Waals surface area contributed by atoms with E-state index in [1.165, 1.54) is 12.1 Å². The van der Waals surface area contributed by atoms with Crippen LogP contribution in [-0.4, -0.2) is 29.1 Å². The lowest BCUT2D eigenvalue weighted by atomic mass is 10.0. The third kappa shape index (κ3) is 7.70. The van der Waals surface area contributed by atoms with E-state index in [1.807, 2.05) is 0 Å². The molecule has 1 aromatic rings. The number of nitrogens with one attached hydrogen (secondary N) is 1. The van der Waals surface area contributed by atoms with Crippen LogP contribution in [0.3, 0.4) is 0 Å². The van der Waals surface area contributed by atoms with Crippen LogP contribution in [0.25, 0.3) is 0 Å². The molecule has 0 aliphatic rings. The van der Waals surface area contributed by atoms with Crippen molar-refractivity contribution in [2.24, 2.45) is 0 Å². The summed E-state index contributed by atoms with van der Waals surface area (Å²) < 4.78 is 45.6. The predicted octanol–water partition coefficient (Wildman–Crippen LogP) is 3.63. The highest BCUT2D eigenvalue weighted by atomic mass is 19.4. The standard InChI is InChI=1S/C15H18F3NO5/c1-14(2,3)24-13(22)19-11(8-12(20)21)9-5-4-6-10(7-9)23-15(16,17)18/h4-7,11H,8H2,1-3H3,(H,19,22)(H,20,21). The minimum Gasteiger partial charge on any atom is -0.481 e. The number of carbonyl (C=O) groups excluding carboxylic acids is 1. The van der Waals surface area contributed by atoms with Gasteiger partial charge in [0.1, 0.15) is 11.4 Å². The van der Waals surface area contributed by atoms with Crippen LogP contribution in [0, 0.1) is 0 Å². The number of halogens is 3. The molecule has 1 unspecified atom stereocenters. The molecule has 0 fully saturated rings. The van der Waals surface area contributed by atoms with E-state index in [4.69, 9.17) is 9.84 Å². The van der Waals surface area contributed by atoms with E-state index in [0.29, 0.717) is 0 Å².